The highest BCUT2D eigenvalue weighted by molar-refractivity contribution is 5.85. The van der Waals surface area contributed by atoms with Crippen LogP contribution in [0.5, 0.6) is 0 Å². The van der Waals surface area contributed by atoms with Crippen LogP contribution in [-0.2, 0) is 4.79 Å². The van der Waals surface area contributed by atoms with Crippen molar-refractivity contribution in [2.24, 2.45) is 11.7 Å². The van der Waals surface area contributed by atoms with E-state index < -0.39 is 0 Å². The first kappa shape index (κ1) is 18.9. The van der Waals surface area contributed by atoms with Gasteiger partial charge in [0.2, 0.25) is 5.91 Å². The van der Waals surface area contributed by atoms with E-state index in [1.165, 1.54) is 0 Å². The summed E-state index contributed by atoms with van der Waals surface area (Å²) in [7, 11) is 0. The fourth-order valence-corrected chi connectivity index (χ4v) is 2.12. The van der Waals surface area contributed by atoms with Crippen LogP contribution in [0.1, 0.15) is 45.7 Å². The van der Waals surface area contributed by atoms with Gasteiger partial charge in [-0.25, -0.2) is 0 Å². The van der Waals surface area contributed by atoms with Gasteiger partial charge in [0.25, 0.3) is 0 Å². The number of carbonyl (C=O) groups is 1. The Kier molecular flexibility index (Phi) is 8.51. The average Bonchev–Trinajstić information content (AvgIpc) is 2.36. The molecule has 20 heavy (non-hydrogen) atoms. The lowest BCUT2D eigenvalue weighted by Crippen LogP contribution is -2.40. The Morgan fingerprint density at radius 1 is 1.15 bits per heavy atom. The molecular formula is C16H27ClN2O. The predicted molar refractivity (Wildman–Crippen MR) is 86.9 cm³/mol. The van der Waals surface area contributed by atoms with Gasteiger partial charge in [0.05, 0.1) is 0 Å². The summed E-state index contributed by atoms with van der Waals surface area (Å²) in [6.45, 7) is 9.14. The maximum atomic E-state index is 12.3. The quantitative estimate of drug-likeness (QED) is 0.875. The Labute approximate surface area is 128 Å². The largest absolute Gasteiger partial charge is 0.340 e. The molecule has 0 saturated heterocycles. The number of nitrogens with zero attached hydrogens (tertiary/aromatic N) is 1. The van der Waals surface area contributed by atoms with Gasteiger partial charge >= 0.3 is 0 Å². The predicted octanol–water partition coefficient (Wildman–Crippen LogP) is 3.39. The van der Waals surface area contributed by atoms with Crippen molar-refractivity contribution in [3.8, 4) is 0 Å². The third-order valence-corrected chi connectivity index (χ3v) is 3.13. The molecule has 1 atom stereocenters. The summed E-state index contributed by atoms with van der Waals surface area (Å²) < 4.78 is 0. The van der Waals surface area contributed by atoms with Gasteiger partial charge in [0, 0.05) is 25.0 Å². The minimum atomic E-state index is -0.220. The van der Waals surface area contributed by atoms with Gasteiger partial charge in [-0.2, -0.15) is 0 Å². The molecule has 0 spiro atoms. The highest BCUT2D eigenvalue weighted by Crippen LogP contribution is 2.16. The first-order valence-electron chi connectivity index (χ1n) is 7.01. The van der Waals surface area contributed by atoms with Crippen molar-refractivity contribution >= 4 is 18.3 Å². The monoisotopic (exact) mass is 298 g/mol. The van der Waals surface area contributed by atoms with E-state index in [0.29, 0.717) is 12.3 Å². The molecule has 1 amide bonds. The summed E-state index contributed by atoms with van der Waals surface area (Å²) in [5.74, 6) is 0.611. The summed E-state index contributed by atoms with van der Waals surface area (Å²) >= 11 is 0. The van der Waals surface area contributed by atoms with Crippen molar-refractivity contribution in [1.82, 2.24) is 4.90 Å². The fraction of sp³-hybridized carbons (Fsp3) is 0.562. The van der Waals surface area contributed by atoms with E-state index in [1.807, 2.05) is 49.1 Å². The molecule has 114 valence electrons. The van der Waals surface area contributed by atoms with Gasteiger partial charge in [0.1, 0.15) is 0 Å². The average molecular weight is 299 g/mol. The molecule has 0 heterocycles. The van der Waals surface area contributed by atoms with Crippen molar-refractivity contribution in [2.45, 2.75) is 46.2 Å². The summed E-state index contributed by atoms with van der Waals surface area (Å²) in [6.07, 6.45) is 0.370. The van der Waals surface area contributed by atoms with E-state index >= 15 is 0 Å². The molecule has 0 aliphatic carbocycles. The molecule has 0 radical (unpaired) electrons. The smallest absolute Gasteiger partial charge is 0.224 e. The van der Waals surface area contributed by atoms with Crippen molar-refractivity contribution in [3.63, 3.8) is 0 Å². The number of hydrogen-bond acceptors (Lipinski definition) is 2. The first-order chi connectivity index (χ1) is 8.91. The summed E-state index contributed by atoms with van der Waals surface area (Å²) in [5, 5.41) is 0. The molecule has 3 nitrogen and oxygen atoms in total. The van der Waals surface area contributed by atoms with E-state index in [0.717, 1.165) is 12.1 Å². The zero-order chi connectivity index (χ0) is 14.4. The summed E-state index contributed by atoms with van der Waals surface area (Å²) in [6, 6.07) is 9.80. The maximum absolute atomic E-state index is 12.3. The van der Waals surface area contributed by atoms with Crippen molar-refractivity contribution in [2.75, 3.05) is 6.54 Å². The normalized spacial score (nSPS) is 12.2. The van der Waals surface area contributed by atoms with E-state index in [2.05, 4.69) is 13.8 Å². The van der Waals surface area contributed by atoms with E-state index in [-0.39, 0.29) is 30.4 Å². The fourth-order valence-electron chi connectivity index (χ4n) is 2.12. The highest BCUT2D eigenvalue weighted by Gasteiger charge is 2.20. The second-order valence-electron chi connectivity index (χ2n) is 5.75. The SMILES string of the molecule is CC(C)CN(C(=O)CC(N)c1ccccc1)C(C)C.Cl. The maximum Gasteiger partial charge on any atom is 0.224 e. The number of amides is 1. The lowest BCUT2D eigenvalue weighted by Gasteiger charge is -2.29. The zero-order valence-corrected chi connectivity index (χ0v) is 13.7. The molecule has 0 aliphatic heterocycles. The molecule has 4 heteroatoms. The second-order valence-corrected chi connectivity index (χ2v) is 5.75. The Morgan fingerprint density at radius 2 is 1.70 bits per heavy atom. The third kappa shape index (κ3) is 5.93. The highest BCUT2D eigenvalue weighted by atomic mass is 35.5. The molecule has 1 aromatic rings. The standard InChI is InChI=1S/C16H26N2O.ClH/c1-12(2)11-18(13(3)4)16(19)10-15(17)14-8-6-5-7-9-14;/h5-9,12-13,15H,10-11,17H2,1-4H3;1H. The molecule has 2 N–H and O–H groups in total. The molecule has 1 rings (SSSR count). The molecule has 0 aliphatic rings. The van der Waals surface area contributed by atoms with Crippen molar-refractivity contribution in [3.05, 3.63) is 35.9 Å². The van der Waals surface area contributed by atoms with Gasteiger partial charge in [-0.3, -0.25) is 4.79 Å². The molecule has 0 saturated carbocycles. The minimum absolute atomic E-state index is 0. The van der Waals surface area contributed by atoms with Crippen molar-refractivity contribution < 1.29 is 4.79 Å². The van der Waals surface area contributed by atoms with Crippen LogP contribution in [0.3, 0.4) is 0 Å². The first-order valence-corrected chi connectivity index (χ1v) is 7.01. The molecule has 1 aromatic carbocycles. The molecule has 1 unspecified atom stereocenters. The van der Waals surface area contributed by atoms with E-state index in [9.17, 15) is 4.79 Å². The Balaban J connectivity index is 0.00000361. The topological polar surface area (TPSA) is 46.3 Å². The number of halogens is 1. The van der Waals surface area contributed by atoms with Gasteiger partial charge in [0.15, 0.2) is 0 Å². The number of carbonyl (C=O) groups excluding carboxylic acids is 1. The molecule has 0 aromatic heterocycles. The summed E-state index contributed by atoms with van der Waals surface area (Å²) in [4.78, 5) is 14.3. The zero-order valence-electron chi connectivity index (χ0n) is 12.9. The van der Waals surface area contributed by atoms with E-state index in [1.54, 1.807) is 0 Å². The molecule has 0 bridgehead atoms. The van der Waals surface area contributed by atoms with Gasteiger partial charge in [-0.1, -0.05) is 44.2 Å². The van der Waals surface area contributed by atoms with Crippen LogP contribution < -0.4 is 5.73 Å². The Morgan fingerprint density at radius 3 is 2.15 bits per heavy atom. The number of hydrogen-bond donors (Lipinski definition) is 1. The number of rotatable bonds is 6. The van der Waals surface area contributed by atoms with Crippen LogP contribution in [0, 0.1) is 5.92 Å². The van der Waals surface area contributed by atoms with Gasteiger partial charge in [-0.05, 0) is 25.3 Å². The number of nitrogens with two attached hydrogens (primary N) is 1. The van der Waals surface area contributed by atoms with Crippen LogP contribution in [0.2, 0.25) is 0 Å². The van der Waals surface area contributed by atoms with Gasteiger partial charge < -0.3 is 10.6 Å². The number of benzene rings is 1. The van der Waals surface area contributed by atoms with Crippen LogP contribution in [0.15, 0.2) is 30.3 Å². The van der Waals surface area contributed by atoms with Crippen LogP contribution >= 0.6 is 12.4 Å². The molecular weight excluding hydrogens is 272 g/mol. The Hall–Kier alpha value is -1.06. The second kappa shape index (κ2) is 8.98. The lowest BCUT2D eigenvalue weighted by atomic mass is 10.0. The van der Waals surface area contributed by atoms with Crippen LogP contribution in [0.25, 0.3) is 0 Å². The lowest BCUT2D eigenvalue weighted by molar-refractivity contribution is -0.133. The van der Waals surface area contributed by atoms with E-state index in [4.69, 9.17) is 5.73 Å². The van der Waals surface area contributed by atoms with Crippen LogP contribution in [-0.4, -0.2) is 23.4 Å². The van der Waals surface area contributed by atoms with Gasteiger partial charge in [-0.15, -0.1) is 12.4 Å². The van der Waals surface area contributed by atoms with Crippen molar-refractivity contribution in [1.29, 1.82) is 0 Å². The van der Waals surface area contributed by atoms with Crippen LogP contribution in [0.4, 0.5) is 0 Å². The molecule has 0 fully saturated rings. The third-order valence-electron chi connectivity index (χ3n) is 3.13. The Bertz CT molecular complexity index is 393. The minimum Gasteiger partial charge on any atom is -0.340 e. The summed E-state index contributed by atoms with van der Waals surface area (Å²) in [5.41, 5.74) is 7.13.